The molecule has 4 N–H and O–H groups in total. The Morgan fingerprint density at radius 2 is 2.08 bits per heavy atom. The lowest BCUT2D eigenvalue weighted by Crippen LogP contribution is -2.29. The van der Waals surface area contributed by atoms with Gasteiger partial charge in [0.2, 0.25) is 0 Å². The van der Waals surface area contributed by atoms with Crippen LogP contribution in [0.15, 0.2) is 35.5 Å². The van der Waals surface area contributed by atoms with Crippen LogP contribution in [-0.2, 0) is 0 Å². The molecule has 10 nitrogen and oxygen atoms in total. The standard InChI is InChI=1S/C23H22F3N9O/c1-2-15(20-32-14-5-3-4-13(24)16(14)22(36)34(20)12-6-7-12)35-21-17(19(28)30-10-31-21)18(33-35)11(8-27)9-29-23(25)26/h3-5,8-10,12,15,23,27,29H,2,6-7H2,1H3,(H2,28,30,31)/b11-9+,27-8?. The summed E-state index contributed by atoms with van der Waals surface area (Å²) < 4.78 is 43.2. The van der Waals surface area contributed by atoms with E-state index in [0.717, 1.165) is 25.3 Å². The maximum absolute atomic E-state index is 14.6. The molecule has 1 saturated carbocycles. The van der Waals surface area contributed by atoms with Gasteiger partial charge in [0.15, 0.2) is 5.65 Å². The summed E-state index contributed by atoms with van der Waals surface area (Å²) in [4.78, 5) is 26.4. The first-order valence-electron chi connectivity index (χ1n) is 11.3. The molecule has 0 radical (unpaired) electrons. The highest BCUT2D eigenvalue weighted by molar-refractivity contribution is 6.13. The molecule has 0 spiro atoms. The molecule has 0 saturated heterocycles. The van der Waals surface area contributed by atoms with Gasteiger partial charge in [0.05, 0.1) is 10.9 Å². The van der Waals surface area contributed by atoms with Crippen molar-refractivity contribution in [2.24, 2.45) is 0 Å². The highest BCUT2D eigenvalue weighted by Crippen LogP contribution is 2.38. The summed E-state index contributed by atoms with van der Waals surface area (Å²) in [6.45, 7) is -0.978. The van der Waals surface area contributed by atoms with Gasteiger partial charge >= 0.3 is 6.55 Å². The number of halogens is 3. The van der Waals surface area contributed by atoms with Gasteiger partial charge in [-0.2, -0.15) is 13.9 Å². The average Bonchev–Trinajstić information content (AvgIpc) is 3.61. The molecule has 0 bridgehead atoms. The molecule has 1 aliphatic carbocycles. The summed E-state index contributed by atoms with van der Waals surface area (Å²) in [5.74, 6) is -0.213. The molecular formula is C23H22F3N9O. The summed E-state index contributed by atoms with van der Waals surface area (Å²) in [5.41, 5.74) is 6.30. The average molecular weight is 497 g/mol. The predicted molar refractivity (Wildman–Crippen MR) is 128 cm³/mol. The molecule has 186 valence electrons. The minimum absolute atomic E-state index is 0.0310. The molecule has 5 rings (SSSR count). The van der Waals surface area contributed by atoms with Crippen molar-refractivity contribution in [1.82, 2.24) is 34.6 Å². The van der Waals surface area contributed by atoms with E-state index in [1.165, 1.54) is 27.7 Å². The maximum atomic E-state index is 14.6. The second-order valence-electron chi connectivity index (χ2n) is 8.40. The van der Waals surface area contributed by atoms with Gasteiger partial charge in [0.25, 0.3) is 5.56 Å². The van der Waals surface area contributed by atoms with Gasteiger partial charge in [0, 0.05) is 24.0 Å². The molecule has 0 amide bonds. The van der Waals surface area contributed by atoms with Crippen LogP contribution in [-0.4, -0.2) is 42.1 Å². The SMILES string of the molecule is CCC(c1nc2cccc(F)c2c(=O)n1C1CC1)n1nc(/C(C=N)=C/NC(F)F)c2c(N)ncnc21. The number of aromatic nitrogens is 6. The highest BCUT2D eigenvalue weighted by Gasteiger charge is 2.33. The van der Waals surface area contributed by atoms with Crippen LogP contribution in [0.2, 0.25) is 0 Å². The first-order valence-corrected chi connectivity index (χ1v) is 11.3. The third kappa shape index (κ3) is 3.85. The van der Waals surface area contributed by atoms with Crippen molar-refractivity contribution in [1.29, 1.82) is 5.41 Å². The molecule has 3 heterocycles. The third-order valence-corrected chi connectivity index (χ3v) is 6.11. The van der Waals surface area contributed by atoms with Gasteiger partial charge in [-0.05, 0) is 31.4 Å². The zero-order valence-corrected chi connectivity index (χ0v) is 19.1. The van der Waals surface area contributed by atoms with Crippen LogP contribution < -0.4 is 16.6 Å². The van der Waals surface area contributed by atoms with Gasteiger partial charge in [0.1, 0.15) is 40.9 Å². The number of alkyl halides is 2. The number of allylic oxidation sites excluding steroid dienone is 1. The van der Waals surface area contributed by atoms with Gasteiger partial charge in [-0.15, -0.1) is 0 Å². The van der Waals surface area contributed by atoms with E-state index in [9.17, 15) is 18.0 Å². The zero-order valence-electron chi connectivity index (χ0n) is 19.1. The highest BCUT2D eigenvalue weighted by atomic mass is 19.3. The van der Waals surface area contributed by atoms with E-state index in [1.54, 1.807) is 6.07 Å². The molecule has 1 aromatic carbocycles. The number of nitrogens with one attached hydrogen (secondary N) is 2. The van der Waals surface area contributed by atoms with E-state index >= 15 is 0 Å². The first-order chi connectivity index (χ1) is 17.3. The molecule has 1 fully saturated rings. The molecule has 0 aliphatic heterocycles. The normalized spacial score (nSPS) is 15.1. The number of hydrogen-bond acceptors (Lipinski definition) is 8. The van der Waals surface area contributed by atoms with Crippen molar-refractivity contribution in [2.45, 2.75) is 44.8 Å². The quantitative estimate of drug-likeness (QED) is 0.250. The molecule has 36 heavy (non-hydrogen) atoms. The molecule has 3 aromatic heterocycles. The summed E-state index contributed by atoms with van der Waals surface area (Å²) in [6.07, 6.45) is 5.00. The van der Waals surface area contributed by atoms with Crippen LogP contribution in [0.4, 0.5) is 19.0 Å². The predicted octanol–water partition coefficient (Wildman–Crippen LogP) is 3.39. The largest absolute Gasteiger partial charge is 0.383 e. The van der Waals surface area contributed by atoms with Crippen molar-refractivity contribution in [3.63, 3.8) is 0 Å². The summed E-state index contributed by atoms with van der Waals surface area (Å²) >= 11 is 0. The Morgan fingerprint density at radius 3 is 2.75 bits per heavy atom. The van der Waals surface area contributed by atoms with Crippen molar-refractivity contribution in [3.8, 4) is 0 Å². The van der Waals surface area contributed by atoms with E-state index in [0.29, 0.717) is 12.2 Å². The van der Waals surface area contributed by atoms with E-state index in [-0.39, 0.29) is 45.1 Å². The third-order valence-electron chi connectivity index (χ3n) is 6.11. The van der Waals surface area contributed by atoms with Crippen molar-refractivity contribution in [3.05, 3.63) is 58.4 Å². The molecular weight excluding hydrogens is 475 g/mol. The fourth-order valence-corrected chi connectivity index (χ4v) is 4.35. The Labute approximate surface area is 202 Å². The Balaban J connectivity index is 1.78. The Kier molecular flexibility index (Phi) is 5.90. The van der Waals surface area contributed by atoms with E-state index < -0.39 is 24.0 Å². The first kappa shape index (κ1) is 23.5. The lowest BCUT2D eigenvalue weighted by molar-refractivity contribution is 0.125. The number of nitrogen functional groups attached to an aromatic ring is 1. The number of fused-ring (bicyclic) bond motifs is 2. The van der Waals surface area contributed by atoms with Crippen LogP contribution in [0.25, 0.3) is 27.5 Å². The smallest absolute Gasteiger partial charge is 0.312 e. The van der Waals surface area contributed by atoms with Crippen LogP contribution in [0.1, 0.15) is 49.8 Å². The van der Waals surface area contributed by atoms with E-state index in [2.05, 4.69) is 20.1 Å². The maximum Gasteiger partial charge on any atom is 0.312 e. The molecule has 1 unspecified atom stereocenters. The molecule has 1 aliphatic rings. The Hall–Kier alpha value is -4.29. The second kappa shape index (κ2) is 9.06. The fraction of sp³-hybridized carbons (Fsp3) is 0.304. The topological polar surface area (TPSA) is 140 Å². The number of benzene rings is 1. The summed E-state index contributed by atoms with van der Waals surface area (Å²) in [6, 6.07) is 3.54. The molecule has 1 atom stereocenters. The van der Waals surface area contributed by atoms with Crippen molar-refractivity contribution >= 4 is 39.5 Å². The van der Waals surface area contributed by atoms with Gasteiger partial charge < -0.3 is 16.5 Å². The lowest BCUT2D eigenvalue weighted by Gasteiger charge is -2.21. The van der Waals surface area contributed by atoms with E-state index in [1.807, 2.05) is 12.2 Å². The van der Waals surface area contributed by atoms with Crippen molar-refractivity contribution < 1.29 is 13.2 Å². The summed E-state index contributed by atoms with van der Waals surface area (Å²) in [5, 5.41) is 14.4. The zero-order chi connectivity index (χ0) is 25.6. The number of nitrogens with two attached hydrogens (primary N) is 1. The van der Waals surface area contributed by atoms with Gasteiger partial charge in [-0.3, -0.25) is 9.36 Å². The fourth-order valence-electron chi connectivity index (χ4n) is 4.35. The van der Waals surface area contributed by atoms with Crippen LogP contribution in [0.5, 0.6) is 0 Å². The van der Waals surface area contributed by atoms with Gasteiger partial charge in [-0.25, -0.2) is 24.0 Å². The minimum atomic E-state index is -2.85. The molecule has 13 heteroatoms. The number of hydrogen-bond donors (Lipinski definition) is 3. The number of anilines is 1. The Morgan fingerprint density at radius 1 is 1.31 bits per heavy atom. The van der Waals surface area contributed by atoms with Gasteiger partial charge in [-0.1, -0.05) is 13.0 Å². The van der Waals surface area contributed by atoms with Crippen LogP contribution >= 0.6 is 0 Å². The van der Waals surface area contributed by atoms with Crippen molar-refractivity contribution in [2.75, 3.05) is 5.73 Å². The monoisotopic (exact) mass is 497 g/mol. The second-order valence-corrected chi connectivity index (χ2v) is 8.40. The lowest BCUT2D eigenvalue weighted by atomic mass is 10.1. The van der Waals surface area contributed by atoms with E-state index in [4.69, 9.17) is 11.1 Å². The molecule has 4 aromatic rings. The number of nitrogens with zero attached hydrogens (tertiary/aromatic N) is 6. The van der Waals surface area contributed by atoms with Crippen LogP contribution in [0.3, 0.4) is 0 Å². The number of rotatable bonds is 8. The van der Waals surface area contributed by atoms with Crippen LogP contribution in [0, 0.1) is 11.2 Å². The Bertz CT molecular complexity index is 1570. The minimum Gasteiger partial charge on any atom is -0.383 e. The summed E-state index contributed by atoms with van der Waals surface area (Å²) in [7, 11) is 0.